The van der Waals surface area contributed by atoms with Crippen LogP contribution in [0.5, 0.6) is 11.8 Å². The van der Waals surface area contributed by atoms with Gasteiger partial charge in [-0.1, -0.05) is 0 Å². The highest BCUT2D eigenvalue weighted by molar-refractivity contribution is 7.88. The van der Waals surface area contributed by atoms with Crippen LogP contribution < -0.4 is 4.84 Å². The molecule has 1 aromatic heterocycles. The van der Waals surface area contributed by atoms with Gasteiger partial charge in [-0.3, -0.25) is 9.11 Å². The number of hydrogen-bond donors (Lipinski definition) is 6. The maximum absolute atomic E-state index is 11.5. The fraction of sp³-hybridized carbons (Fsp3) is 0.250. The molecule has 0 aliphatic rings. The molecule has 25 heavy (non-hydrogen) atoms. The minimum atomic E-state index is -6.20. The lowest BCUT2D eigenvalue weighted by Gasteiger charge is -2.30. The second kappa shape index (κ2) is 6.37. The van der Waals surface area contributed by atoms with Gasteiger partial charge in [0, 0.05) is 12.1 Å². The first-order valence-corrected chi connectivity index (χ1v) is 8.32. The van der Waals surface area contributed by atoms with Crippen molar-refractivity contribution in [1.29, 1.82) is 0 Å². The smallest absolute Gasteiger partial charge is 0.398 e. The van der Waals surface area contributed by atoms with Gasteiger partial charge in [0.1, 0.15) is 0 Å². The largest absolute Gasteiger partial charge is 0.492 e. The number of aliphatic carboxylic acids is 2. The fourth-order valence-electron chi connectivity index (χ4n) is 1.51. The summed E-state index contributed by atoms with van der Waals surface area (Å²) in [5.74, 6) is -7.83. The SMILES string of the molecule is O=C(O)C(OS(=O)(=O)O)C(On1c(O)ccc1O)(C(=O)O)S(=O)(=O)O. The van der Waals surface area contributed by atoms with Gasteiger partial charge in [0.05, 0.1) is 0 Å². The summed E-state index contributed by atoms with van der Waals surface area (Å²) in [6.45, 7) is 0. The van der Waals surface area contributed by atoms with Gasteiger partial charge in [-0.25, -0.2) is 13.8 Å². The van der Waals surface area contributed by atoms with Crippen molar-refractivity contribution in [2.75, 3.05) is 0 Å². The van der Waals surface area contributed by atoms with Crippen molar-refractivity contribution in [2.45, 2.75) is 11.0 Å². The molecule has 17 heteroatoms. The molecule has 0 bridgehead atoms. The fourth-order valence-corrected chi connectivity index (χ4v) is 2.84. The average Bonchev–Trinajstić information content (AvgIpc) is 2.70. The molecule has 0 aliphatic heterocycles. The van der Waals surface area contributed by atoms with Crippen LogP contribution in [0.4, 0.5) is 0 Å². The van der Waals surface area contributed by atoms with Crippen LogP contribution in [0, 0.1) is 0 Å². The molecule has 0 saturated carbocycles. The topological polar surface area (TPSA) is 247 Å². The molecular weight excluding hydrogens is 398 g/mol. The van der Waals surface area contributed by atoms with Gasteiger partial charge in [-0.15, -0.1) is 4.73 Å². The van der Waals surface area contributed by atoms with Crippen LogP contribution in [0.25, 0.3) is 0 Å². The molecule has 0 saturated heterocycles. The first kappa shape index (κ1) is 20.4. The van der Waals surface area contributed by atoms with E-state index >= 15 is 0 Å². The van der Waals surface area contributed by atoms with E-state index in [2.05, 4.69) is 9.02 Å². The van der Waals surface area contributed by atoms with Crippen molar-refractivity contribution in [3.63, 3.8) is 0 Å². The van der Waals surface area contributed by atoms with Crippen molar-refractivity contribution in [3.8, 4) is 11.8 Å². The third kappa shape index (κ3) is 3.91. The molecule has 15 nitrogen and oxygen atoms in total. The van der Waals surface area contributed by atoms with Gasteiger partial charge in [-0.05, 0) is 0 Å². The summed E-state index contributed by atoms with van der Waals surface area (Å²) >= 11 is 0. The molecule has 0 aromatic carbocycles. The van der Waals surface area contributed by atoms with E-state index < -0.39 is 55.3 Å². The summed E-state index contributed by atoms with van der Waals surface area (Å²) in [6.07, 6.45) is -3.61. The number of carbonyl (C=O) groups is 2. The third-order valence-corrected chi connectivity index (χ3v) is 4.16. The van der Waals surface area contributed by atoms with E-state index in [0.29, 0.717) is 12.1 Å². The molecule has 2 atom stereocenters. The Morgan fingerprint density at radius 2 is 1.48 bits per heavy atom. The summed E-state index contributed by atoms with van der Waals surface area (Å²) in [4.78, 5) is 22.2. The predicted molar refractivity (Wildman–Crippen MR) is 70.3 cm³/mol. The Balaban J connectivity index is 3.78. The van der Waals surface area contributed by atoms with E-state index in [1.807, 2.05) is 0 Å². The standard InChI is InChI=1S/C8H9NO14S2/c10-3-1-2-4(11)9(3)23-8(7(14)15,24(16,17)18)5(6(12)13)22-25(19,20)21/h1-2,5,10-11H,(H,12,13)(H,14,15)(H,16,17,18)(H,19,20,21). The summed E-state index contributed by atoms with van der Waals surface area (Å²) in [7, 11) is -12.0. The van der Waals surface area contributed by atoms with E-state index in [0.717, 1.165) is 0 Å². The van der Waals surface area contributed by atoms with Crippen molar-refractivity contribution in [1.82, 2.24) is 4.73 Å². The second-order valence-corrected chi connectivity index (χ2v) is 6.73. The van der Waals surface area contributed by atoms with E-state index in [-0.39, 0.29) is 4.73 Å². The highest BCUT2D eigenvalue weighted by Gasteiger charge is 2.67. The minimum absolute atomic E-state index is 0.356. The average molecular weight is 407 g/mol. The quantitative estimate of drug-likeness (QED) is 0.239. The van der Waals surface area contributed by atoms with Crippen LogP contribution >= 0.6 is 0 Å². The summed E-state index contributed by atoms with van der Waals surface area (Å²) in [5, 5.41) is 36.7. The number of rotatable bonds is 8. The Morgan fingerprint density at radius 1 is 1.04 bits per heavy atom. The lowest BCUT2D eigenvalue weighted by atomic mass is 10.2. The third-order valence-electron chi connectivity index (χ3n) is 2.49. The lowest BCUT2D eigenvalue weighted by Crippen LogP contribution is -2.65. The van der Waals surface area contributed by atoms with E-state index in [4.69, 9.17) is 19.3 Å². The van der Waals surface area contributed by atoms with E-state index in [1.54, 1.807) is 0 Å². The predicted octanol–water partition coefficient (Wildman–Crippen LogP) is -2.73. The number of aromatic hydroxyl groups is 2. The molecule has 142 valence electrons. The molecule has 1 rings (SSSR count). The molecule has 0 aliphatic carbocycles. The second-order valence-electron chi connectivity index (χ2n) is 4.13. The van der Waals surface area contributed by atoms with Crippen molar-refractivity contribution < 1.29 is 65.0 Å². The zero-order valence-corrected chi connectivity index (χ0v) is 13.1. The van der Waals surface area contributed by atoms with Gasteiger partial charge >= 0.3 is 37.4 Å². The van der Waals surface area contributed by atoms with Crippen LogP contribution in [0.3, 0.4) is 0 Å². The lowest BCUT2D eigenvalue weighted by molar-refractivity contribution is -0.177. The first-order chi connectivity index (χ1) is 11.1. The van der Waals surface area contributed by atoms with Crippen LogP contribution in [-0.2, 0) is 34.3 Å². The molecule has 1 aromatic rings. The Morgan fingerprint density at radius 3 is 1.76 bits per heavy atom. The summed E-state index contributed by atoms with van der Waals surface area (Å²) < 4.78 is 65.3. The Hall–Kier alpha value is -2.60. The molecular formula is C8H9NO14S2. The van der Waals surface area contributed by atoms with Crippen molar-refractivity contribution in [3.05, 3.63) is 12.1 Å². The summed E-state index contributed by atoms with van der Waals surface area (Å²) in [5.41, 5.74) is 0. The number of hydrogen-bond acceptors (Lipinski definition) is 10. The van der Waals surface area contributed by atoms with Crippen LogP contribution in [0.1, 0.15) is 0 Å². The molecule has 0 spiro atoms. The number of nitrogens with zero attached hydrogens (tertiary/aromatic N) is 1. The van der Waals surface area contributed by atoms with E-state index in [1.165, 1.54) is 0 Å². The Bertz CT molecular complexity index is 878. The van der Waals surface area contributed by atoms with Gasteiger partial charge < -0.3 is 25.3 Å². The first-order valence-electron chi connectivity index (χ1n) is 5.51. The zero-order valence-electron chi connectivity index (χ0n) is 11.4. The Kier molecular flexibility index (Phi) is 5.21. The van der Waals surface area contributed by atoms with Crippen molar-refractivity contribution >= 4 is 32.5 Å². The molecule has 0 radical (unpaired) electrons. The molecule has 0 amide bonds. The zero-order chi connectivity index (χ0) is 19.8. The normalized spacial score (nSPS) is 15.9. The van der Waals surface area contributed by atoms with Crippen molar-refractivity contribution in [2.24, 2.45) is 0 Å². The molecule has 2 unspecified atom stereocenters. The monoisotopic (exact) mass is 407 g/mol. The van der Waals surface area contributed by atoms with Crippen LogP contribution in [0.2, 0.25) is 0 Å². The van der Waals surface area contributed by atoms with Gasteiger partial charge in [-0.2, -0.15) is 16.8 Å². The molecule has 6 N–H and O–H groups in total. The Labute approximate surface area is 137 Å². The number of aromatic nitrogens is 1. The highest BCUT2D eigenvalue weighted by atomic mass is 32.3. The maximum atomic E-state index is 11.5. The minimum Gasteiger partial charge on any atom is -0.492 e. The van der Waals surface area contributed by atoms with Gasteiger partial charge in [0.15, 0.2) is 0 Å². The highest BCUT2D eigenvalue weighted by Crippen LogP contribution is 2.29. The van der Waals surface area contributed by atoms with Gasteiger partial charge in [0.2, 0.25) is 17.9 Å². The number of carboxylic acids is 2. The molecule has 1 heterocycles. The summed E-state index contributed by atoms with van der Waals surface area (Å²) in [6, 6.07) is 1.26. The van der Waals surface area contributed by atoms with Gasteiger partial charge in [0.25, 0.3) is 0 Å². The van der Waals surface area contributed by atoms with E-state index in [9.17, 15) is 36.6 Å². The maximum Gasteiger partial charge on any atom is 0.398 e. The van der Waals surface area contributed by atoms with Crippen LogP contribution in [-0.4, -0.2) is 74.1 Å². The number of carboxylic acid groups (broad SMARTS) is 2. The molecule has 0 fully saturated rings. The van der Waals surface area contributed by atoms with Crippen LogP contribution in [0.15, 0.2) is 12.1 Å².